The van der Waals surface area contributed by atoms with Crippen molar-refractivity contribution in [3.63, 3.8) is 0 Å². The molecule has 0 bridgehead atoms. The van der Waals surface area contributed by atoms with Gasteiger partial charge >= 0.3 is 24.7 Å². The van der Waals surface area contributed by atoms with Crippen LogP contribution in [0.3, 0.4) is 0 Å². The van der Waals surface area contributed by atoms with Gasteiger partial charge in [0.05, 0.1) is 22.3 Å². The molecule has 0 aliphatic heterocycles. The van der Waals surface area contributed by atoms with Crippen LogP contribution in [0, 0.1) is 0 Å². The molecule has 0 amide bonds. The predicted molar refractivity (Wildman–Crippen MR) is 110 cm³/mol. The Morgan fingerprint density at radius 2 is 0.676 bits per heavy atom. The van der Waals surface area contributed by atoms with Gasteiger partial charge in [-0.25, -0.2) is 0 Å². The van der Waals surface area contributed by atoms with E-state index < -0.39 is 76.6 Å². The molecule has 208 valence electrons. The van der Waals surface area contributed by atoms with Crippen LogP contribution in [0.4, 0.5) is 52.7 Å². The maximum Gasteiger partial charge on any atom is 0.416 e. The Hall–Kier alpha value is -2.42. The maximum atomic E-state index is 13.6. The van der Waals surface area contributed by atoms with Gasteiger partial charge < -0.3 is 9.31 Å². The third-order valence-corrected chi connectivity index (χ3v) is 5.03. The SMILES string of the molecule is CC(C)O[B-](OC(C)C)(c1cc(C(F)(F)F)cc(C(F)(F)F)c1)c1cc(C(F)(F)F)cc(C(F)(F)F)c1. The molecule has 2 aromatic carbocycles. The van der Waals surface area contributed by atoms with Gasteiger partial charge in [-0.05, 0) is 39.8 Å². The van der Waals surface area contributed by atoms with E-state index in [0.29, 0.717) is 0 Å². The van der Waals surface area contributed by atoms with E-state index >= 15 is 0 Å². The van der Waals surface area contributed by atoms with Crippen LogP contribution in [-0.4, -0.2) is 18.8 Å². The van der Waals surface area contributed by atoms with Gasteiger partial charge in [-0.2, -0.15) is 52.7 Å². The third kappa shape index (κ3) is 7.34. The van der Waals surface area contributed by atoms with Gasteiger partial charge in [0, 0.05) is 12.2 Å². The first-order valence-corrected chi connectivity index (χ1v) is 10.6. The molecule has 0 saturated heterocycles. The molecular weight excluding hydrogens is 535 g/mol. The van der Waals surface area contributed by atoms with Gasteiger partial charge in [0.15, 0.2) is 0 Å². The lowest BCUT2D eigenvalue weighted by Crippen LogP contribution is -2.65. The van der Waals surface area contributed by atoms with Crippen molar-refractivity contribution in [1.82, 2.24) is 0 Å². The Labute approximate surface area is 203 Å². The molecule has 37 heavy (non-hydrogen) atoms. The molecule has 0 aliphatic carbocycles. The van der Waals surface area contributed by atoms with Crippen molar-refractivity contribution in [2.24, 2.45) is 0 Å². The first-order chi connectivity index (χ1) is 16.5. The van der Waals surface area contributed by atoms with E-state index in [1.54, 1.807) is 0 Å². The summed E-state index contributed by atoms with van der Waals surface area (Å²) in [5.74, 6) is 0. The molecule has 0 saturated carbocycles. The predicted octanol–water partition coefficient (Wildman–Crippen LogP) is 7.17. The van der Waals surface area contributed by atoms with Crippen molar-refractivity contribution in [3.8, 4) is 0 Å². The van der Waals surface area contributed by atoms with E-state index in [1.165, 1.54) is 27.7 Å². The number of rotatable bonds is 6. The van der Waals surface area contributed by atoms with Gasteiger partial charge in [-0.15, -0.1) is 10.9 Å². The lowest BCUT2D eigenvalue weighted by Gasteiger charge is -2.47. The molecule has 2 aromatic rings. The molecule has 0 unspecified atom stereocenters. The van der Waals surface area contributed by atoms with Gasteiger partial charge in [0.25, 0.3) is 6.55 Å². The average molecular weight is 555 g/mol. The Morgan fingerprint density at radius 1 is 0.459 bits per heavy atom. The summed E-state index contributed by atoms with van der Waals surface area (Å²) in [6.07, 6.45) is -23.7. The smallest absolute Gasteiger partial charge is 0.416 e. The summed E-state index contributed by atoms with van der Waals surface area (Å²) in [5, 5.41) is 0. The Balaban J connectivity index is 3.14. The molecule has 0 atom stereocenters. The highest BCUT2D eigenvalue weighted by Gasteiger charge is 2.44. The fourth-order valence-electron chi connectivity index (χ4n) is 3.70. The zero-order valence-corrected chi connectivity index (χ0v) is 19.5. The number of alkyl halides is 12. The van der Waals surface area contributed by atoms with Crippen molar-refractivity contribution < 1.29 is 62.0 Å². The number of hydrogen-bond acceptors (Lipinski definition) is 2. The van der Waals surface area contributed by atoms with E-state index in [9.17, 15) is 52.7 Å². The standard InChI is InChI=1S/C22H20BF12O2/c1-11(2)36-23(37-12(3)4,17-7-13(19(24,25)26)5-14(8-17)20(27,28)29)18-9-15(21(30,31)32)6-16(10-18)22(33,34)35/h5-12H,1-4H3/q-1. The topological polar surface area (TPSA) is 18.5 Å². The van der Waals surface area contributed by atoms with Crippen LogP contribution in [0.15, 0.2) is 36.4 Å². The number of benzene rings is 2. The molecular formula is C22H20BF12O2-. The van der Waals surface area contributed by atoms with Gasteiger partial charge in [-0.3, -0.25) is 0 Å². The molecule has 0 radical (unpaired) electrons. The highest BCUT2D eigenvalue weighted by molar-refractivity contribution is 6.92. The number of hydrogen-bond donors (Lipinski definition) is 0. The molecule has 0 fully saturated rings. The molecule has 0 aliphatic rings. The van der Waals surface area contributed by atoms with E-state index in [1.807, 2.05) is 0 Å². The van der Waals surface area contributed by atoms with Crippen LogP contribution >= 0.6 is 0 Å². The zero-order chi connectivity index (χ0) is 28.8. The van der Waals surface area contributed by atoms with Gasteiger partial charge in [0.2, 0.25) is 0 Å². The monoisotopic (exact) mass is 555 g/mol. The summed E-state index contributed by atoms with van der Waals surface area (Å²) < 4.78 is 174. The van der Waals surface area contributed by atoms with Crippen LogP contribution in [0.5, 0.6) is 0 Å². The van der Waals surface area contributed by atoms with E-state index in [2.05, 4.69) is 0 Å². The van der Waals surface area contributed by atoms with E-state index in [-0.39, 0.29) is 36.4 Å². The molecule has 2 rings (SSSR count). The molecule has 2 nitrogen and oxygen atoms in total. The summed E-state index contributed by atoms with van der Waals surface area (Å²) in [7, 11) is 0. The average Bonchev–Trinajstić information content (AvgIpc) is 2.69. The highest BCUT2D eigenvalue weighted by atomic mass is 19.4. The van der Waals surface area contributed by atoms with Gasteiger partial charge in [0.1, 0.15) is 0 Å². The van der Waals surface area contributed by atoms with Crippen LogP contribution in [-0.2, 0) is 34.0 Å². The normalized spacial score (nSPS) is 14.1. The summed E-state index contributed by atoms with van der Waals surface area (Å²) in [4.78, 5) is 0. The summed E-state index contributed by atoms with van der Waals surface area (Å²) in [5.41, 5.74) is -9.51. The van der Waals surface area contributed by atoms with E-state index in [0.717, 1.165) is 0 Å². The maximum absolute atomic E-state index is 13.6. The third-order valence-electron chi connectivity index (χ3n) is 5.03. The second-order valence-corrected chi connectivity index (χ2v) is 8.76. The minimum absolute atomic E-state index is 0.160. The second-order valence-electron chi connectivity index (χ2n) is 8.76. The van der Waals surface area contributed by atoms with Crippen LogP contribution in [0.2, 0.25) is 0 Å². The fourth-order valence-corrected chi connectivity index (χ4v) is 3.70. The van der Waals surface area contributed by atoms with Gasteiger partial charge in [-0.1, -0.05) is 24.3 Å². The minimum atomic E-state index is -5.36. The van der Waals surface area contributed by atoms with Crippen LogP contribution < -0.4 is 10.9 Å². The molecule has 0 aromatic heterocycles. The molecule has 15 heteroatoms. The fraction of sp³-hybridized carbons (Fsp3) is 0.455. The largest absolute Gasteiger partial charge is 0.559 e. The summed E-state index contributed by atoms with van der Waals surface area (Å²) >= 11 is 0. The number of halogens is 12. The van der Waals surface area contributed by atoms with E-state index in [4.69, 9.17) is 9.31 Å². The van der Waals surface area contributed by atoms with Crippen molar-refractivity contribution in [2.45, 2.75) is 64.6 Å². The second kappa shape index (κ2) is 10.0. The van der Waals surface area contributed by atoms with Crippen molar-refractivity contribution in [3.05, 3.63) is 58.7 Å². The Morgan fingerprint density at radius 3 is 0.838 bits per heavy atom. The summed E-state index contributed by atoms with van der Waals surface area (Å²) in [6.45, 7) is 0.960. The molecule has 0 heterocycles. The zero-order valence-electron chi connectivity index (χ0n) is 19.5. The quantitative estimate of drug-likeness (QED) is 0.278. The first kappa shape index (κ1) is 30.8. The lowest BCUT2D eigenvalue weighted by atomic mass is 9.45. The highest BCUT2D eigenvalue weighted by Crippen LogP contribution is 2.38. The van der Waals surface area contributed by atoms with Crippen LogP contribution in [0.1, 0.15) is 49.9 Å². The van der Waals surface area contributed by atoms with Crippen molar-refractivity contribution in [1.29, 1.82) is 0 Å². The summed E-state index contributed by atoms with van der Waals surface area (Å²) in [6, 6.07) is 0.173. The van der Waals surface area contributed by atoms with Crippen molar-refractivity contribution in [2.75, 3.05) is 0 Å². The Kier molecular flexibility index (Phi) is 8.36. The lowest BCUT2D eigenvalue weighted by molar-refractivity contribution is -0.144. The Bertz CT molecular complexity index is 947. The molecule has 0 spiro atoms. The minimum Gasteiger partial charge on any atom is -0.559 e. The molecule has 0 N–H and O–H groups in total. The van der Waals surface area contributed by atoms with Crippen LogP contribution in [0.25, 0.3) is 0 Å². The first-order valence-electron chi connectivity index (χ1n) is 10.6. The van der Waals surface area contributed by atoms with Crippen molar-refractivity contribution >= 4 is 17.5 Å².